The third kappa shape index (κ3) is 4.45. The van der Waals surface area contributed by atoms with E-state index in [1.54, 1.807) is 32.4 Å². The molecule has 0 atom stereocenters. The fraction of sp³-hybridized carbons (Fsp3) is 0.286. The zero-order valence-electron chi connectivity index (χ0n) is 16.6. The number of hydrogen-bond donors (Lipinski definition) is 1. The molecule has 4 rings (SSSR count). The summed E-state index contributed by atoms with van der Waals surface area (Å²) >= 11 is 0. The molecule has 9 heteroatoms. The molecular formula is C21H21N3O6. The number of nitrogens with zero attached hydrogens (tertiary/aromatic N) is 2. The predicted molar refractivity (Wildman–Crippen MR) is 106 cm³/mol. The molecule has 1 aliphatic rings. The second-order valence-electron chi connectivity index (χ2n) is 6.57. The molecule has 30 heavy (non-hydrogen) atoms. The molecule has 0 unspecified atom stereocenters. The summed E-state index contributed by atoms with van der Waals surface area (Å²) < 4.78 is 26.8. The molecule has 2 aromatic carbocycles. The number of hydrogen-bond acceptors (Lipinski definition) is 8. The van der Waals surface area contributed by atoms with Gasteiger partial charge in [-0.05, 0) is 35.9 Å². The topological polar surface area (TPSA) is 105 Å². The molecule has 0 spiro atoms. The second kappa shape index (κ2) is 8.73. The highest BCUT2D eigenvalue weighted by Crippen LogP contribution is 2.35. The lowest BCUT2D eigenvalue weighted by atomic mass is 10.2. The molecule has 1 amide bonds. The van der Waals surface area contributed by atoms with Crippen LogP contribution in [0.4, 0.5) is 0 Å². The average Bonchev–Trinajstić information content (AvgIpc) is 3.44. The Kier molecular flexibility index (Phi) is 5.69. The Morgan fingerprint density at radius 2 is 1.80 bits per heavy atom. The van der Waals surface area contributed by atoms with Gasteiger partial charge in [0.2, 0.25) is 24.5 Å². The second-order valence-corrected chi connectivity index (χ2v) is 6.57. The Hall–Kier alpha value is -3.75. The number of carbonyl (C=O) groups is 1. The van der Waals surface area contributed by atoms with E-state index in [-0.39, 0.29) is 19.1 Å². The van der Waals surface area contributed by atoms with Crippen molar-refractivity contribution < 1.29 is 28.2 Å². The van der Waals surface area contributed by atoms with Crippen LogP contribution in [0, 0.1) is 0 Å². The monoisotopic (exact) mass is 411 g/mol. The van der Waals surface area contributed by atoms with Gasteiger partial charge in [0, 0.05) is 31.0 Å². The zero-order chi connectivity index (χ0) is 20.9. The summed E-state index contributed by atoms with van der Waals surface area (Å²) in [5, 5.41) is 10.9. The number of nitrogens with one attached hydrogen (secondary N) is 1. The van der Waals surface area contributed by atoms with Crippen LogP contribution in [0.25, 0.3) is 11.5 Å². The first-order valence-corrected chi connectivity index (χ1v) is 9.35. The van der Waals surface area contributed by atoms with Gasteiger partial charge >= 0.3 is 0 Å². The van der Waals surface area contributed by atoms with Crippen molar-refractivity contribution in [2.45, 2.75) is 19.4 Å². The fourth-order valence-electron chi connectivity index (χ4n) is 2.98. The average molecular weight is 411 g/mol. The van der Waals surface area contributed by atoms with E-state index in [4.69, 9.17) is 23.4 Å². The Morgan fingerprint density at radius 1 is 1.03 bits per heavy atom. The van der Waals surface area contributed by atoms with Gasteiger partial charge in [-0.15, -0.1) is 10.2 Å². The van der Waals surface area contributed by atoms with Crippen LogP contribution in [0.1, 0.15) is 17.9 Å². The van der Waals surface area contributed by atoms with E-state index in [1.807, 2.05) is 18.2 Å². The van der Waals surface area contributed by atoms with Gasteiger partial charge in [0.05, 0.1) is 14.2 Å². The van der Waals surface area contributed by atoms with Gasteiger partial charge in [-0.3, -0.25) is 4.79 Å². The molecule has 156 valence electrons. The molecule has 0 radical (unpaired) electrons. The summed E-state index contributed by atoms with van der Waals surface area (Å²) in [7, 11) is 3.17. The van der Waals surface area contributed by atoms with E-state index in [9.17, 15) is 4.79 Å². The van der Waals surface area contributed by atoms with Gasteiger partial charge in [0.15, 0.2) is 11.5 Å². The summed E-state index contributed by atoms with van der Waals surface area (Å²) in [5.41, 5.74) is 1.61. The number of ether oxygens (including phenoxy) is 4. The molecule has 0 saturated carbocycles. The van der Waals surface area contributed by atoms with Crippen molar-refractivity contribution in [3.05, 3.63) is 47.9 Å². The van der Waals surface area contributed by atoms with E-state index >= 15 is 0 Å². The van der Waals surface area contributed by atoms with Crippen molar-refractivity contribution in [2.24, 2.45) is 0 Å². The molecule has 1 aromatic heterocycles. The van der Waals surface area contributed by atoms with Crippen molar-refractivity contribution in [1.29, 1.82) is 0 Å². The fourth-order valence-corrected chi connectivity index (χ4v) is 2.98. The van der Waals surface area contributed by atoms with Crippen molar-refractivity contribution >= 4 is 5.91 Å². The van der Waals surface area contributed by atoms with Crippen molar-refractivity contribution in [3.63, 3.8) is 0 Å². The standard InChI is InChI=1S/C21H21N3O6/c1-26-15-7-13(8-16(10-15)27-2)11-22-19(25)5-6-20-23-24-21(30-20)14-3-4-17-18(9-14)29-12-28-17/h3-4,7-10H,5-6,11-12H2,1-2H3,(H,22,25). The SMILES string of the molecule is COc1cc(CNC(=O)CCc2nnc(-c3ccc4c(c3)OCO4)o2)cc(OC)c1. The van der Waals surface area contributed by atoms with E-state index in [1.165, 1.54) is 0 Å². The Balaban J connectivity index is 1.31. The minimum atomic E-state index is -0.125. The predicted octanol–water partition coefficient (Wildman–Crippen LogP) is 2.73. The maximum Gasteiger partial charge on any atom is 0.247 e. The summed E-state index contributed by atoms with van der Waals surface area (Å²) in [4.78, 5) is 12.2. The maximum atomic E-state index is 12.2. The number of fused-ring (bicyclic) bond motifs is 1. The van der Waals surface area contributed by atoms with Crippen molar-refractivity contribution in [1.82, 2.24) is 15.5 Å². The maximum absolute atomic E-state index is 12.2. The summed E-state index contributed by atoms with van der Waals surface area (Å²) in [6, 6.07) is 10.9. The Morgan fingerprint density at radius 3 is 2.57 bits per heavy atom. The summed E-state index contributed by atoms with van der Waals surface area (Å²) in [6.07, 6.45) is 0.564. The number of aryl methyl sites for hydroxylation is 1. The van der Waals surface area contributed by atoms with Crippen LogP contribution in [-0.2, 0) is 17.8 Å². The van der Waals surface area contributed by atoms with E-state index in [0.717, 1.165) is 11.1 Å². The first-order valence-electron chi connectivity index (χ1n) is 9.35. The highest BCUT2D eigenvalue weighted by Gasteiger charge is 2.17. The molecular weight excluding hydrogens is 390 g/mol. The third-order valence-electron chi connectivity index (χ3n) is 4.55. The van der Waals surface area contributed by atoms with Gasteiger partial charge in [0.1, 0.15) is 11.5 Å². The number of methoxy groups -OCH3 is 2. The molecule has 1 aliphatic heterocycles. The van der Waals surface area contributed by atoms with Gasteiger partial charge < -0.3 is 28.7 Å². The van der Waals surface area contributed by atoms with Gasteiger partial charge in [0.25, 0.3) is 0 Å². The van der Waals surface area contributed by atoms with Crippen LogP contribution >= 0.6 is 0 Å². The Labute approximate surface area is 172 Å². The first kappa shape index (κ1) is 19.6. The molecule has 0 aliphatic carbocycles. The van der Waals surface area contributed by atoms with Gasteiger partial charge in [-0.25, -0.2) is 0 Å². The normalized spacial score (nSPS) is 11.9. The highest BCUT2D eigenvalue weighted by molar-refractivity contribution is 5.76. The molecule has 1 N–H and O–H groups in total. The van der Waals surface area contributed by atoms with E-state index in [2.05, 4.69) is 15.5 Å². The molecule has 3 aromatic rings. The minimum absolute atomic E-state index is 0.125. The van der Waals surface area contributed by atoms with E-state index < -0.39 is 0 Å². The minimum Gasteiger partial charge on any atom is -0.497 e. The van der Waals surface area contributed by atoms with Crippen LogP contribution in [-0.4, -0.2) is 37.1 Å². The smallest absolute Gasteiger partial charge is 0.247 e. The zero-order valence-corrected chi connectivity index (χ0v) is 16.6. The van der Waals surface area contributed by atoms with Crippen LogP contribution < -0.4 is 24.3 Å². The number of benzene rings is 2. The Bertz CT molecular complexity index is 1030. The molecule has 9 nitrogen and oxygen atoms in total. The van der Waals surface area contributed by atoms with Crippen LogP contribution in [0.15, 0.2) is 40.8 Å². The molecule has 2 heterocycles. The quantitative estimate of drug-likeness (QED) is 0.603. The van der Waals surface area contributed by atoms with Crippen LogP contribution in [0.3, 0.4) is 0 Å². The molecule has 0 fully saturated rings. The largest absolute Gasteiger partial charge is 0.497 e. The lowest BCUT2D eigenvalue weighted by molar-refractivity contribution is -0.121. The lowest BCUT2D eigenvalue weighted by Crippen LogP contribution is -2.23. The third-order valence-corrected chi connectivity index (χ3v) is 4.55. The summed E-state index contributed by atoms with van der Waals surface area (Å²) in [5.74, 6) is 3.29. The molecule has 0 saturated heterocycles. The summed E-state index contributed by atoms with van der Waals surface area (Å²) in [6.45, 7) is 0.560. The van der Waals surface area contributed by atoms with Gasteiger partial charge in [-0.2, -0.15) is 0 Å². The highest BCUT2D eigenvalue weighted by atomic mass is 16.7. The lowest BCUT2D eigenvalue weighted by Gasteiger charge is -2.09. The number of carbonyl (C=O) groups excluding carboxylic acids is 1. The molecule has 0 bridgehead atoms. The number of amides is 1. The van der Waals surface area contributed by atoms with Gasteiger partial charge in [-0.1, -0.05) is 0 Å². The number of aromatic nitrogens is 2. The van der Waals surface area contributed by atoms with Crippen molar-refractivity contribution in [2.75, 3.05) is 21.0 Å². The van der Waals surface area contributed by atoms with E-state index in [0.29, 0.717) is 47.7 Å². The van der Waals surface area contributed by atoms with Crippen molar-refractivity contribution in [3.8, 4) is 34.5 Å². The first-order chi connectivity index (χ1) is 14.6. The van der Waals surface area contributed by atoms with Crippen LogP contribution in [0.2, 0.25) is 0 Å². The van der Waals surface area contributed by atoms with Crippen LogP contribution in [0.5, 0.6) is 23.0 Å². The number of rotatable bonds is 8.